The maximum Gasteiger partial charge on any atom is 0.221 e. The summed E-state index contributed by atoms with van der Waals surface area (Å²) in [6.07, 6.45) is 1.87. The molecule has 0 radical (unpaired) electrons. The highest BCUT2D eigenvalue weighted by Gasteiger charge is 2.35. The normalized spacial score (nSPS) is 27.2. The monoisotopic (exact) mass is 359 g/mol. The number of halogens is 1. The van der Waals surface area contributed by atoms with Crippen molar-refractivity contribution in [1.82, 2.24) is 4.90 Å². The first-order valence-corrected chi connectivity index (χ1v) is 8.62. The minimum absolute atomic E-state index is 0.00891. The smallest absolute Gasteiger partial charge is 0.221 e. The molecule has 0 saturated carbocycles. The van der Waals surface area contributed by atoms with Crippen molar-refractivity contribution in [3.05, 3.63) is 20.8 Å². The summed E-state index contributed by atoms with van der Waals surface area (Å²) in [5.74, 6) is -0.256. The molecule has 4 N–H and O–H groups in total. The Labute approximate surface area is 132 Å². The van der Waals surface area contributed by atoms with Gasteiger partial charge in [-0.1, -0.05) is 0 Å². The standard InChI is InChI=1S/C14H22BrN3OS/c1-8-3-4-10(14(17)19)6-18(8)13(9(2)16)12-5-11(15)7-20-12/h5,7-10,13H,3-4,6,16H2,1-2H3,(H2,17,19). The van der Waals surface area contributed by atoms with Gasteiger partial charge in [0.2, 0.25) is 5.91 Å². The Morgan fingerprint density at radius 1 is 1.55 bits per heavy atom. The number of carbonyl (C=O) groups excluding carboxylic acids is 1. The first kappa shape index (κ1) is 15.9. The predicted molar refractivity (Wildman–Crippen MR) is 86.5 cm³/mol. The van der Waals surface area contributed by atoms with Crippen LogP contribution in [-0.4, -0.2) is 29.4 Å². The van der Waals surface area contributed by atoms with Gasteiger partial charge in [-0.05, 0) is 48.7 Å². The van der Waals surface area contributed by atoms with Gasteiger partial charge in [0.25, 0.3) is 0 Å². The summed E-state index contributed by atoms with van der Waals surface area (Å²) in [5, 5.41) is 2.07. The molecule has 4 atom stereocenters. The molecule has 4 nitrogen and oxygen atoms in total. The van der Waals surface area contributed by atoms with E-state index in [-0.39, 0.29) is 23.9 Å². The Balaban J connectivity index is 2.25. The number of nitrogens with zero attached hydrogens (tertiary/aromatic N) is 1. The second kappa shape index (κ2) is 6.56. The molecule has 20 heavy (non-hydrogen) atoms. The lowest BCUT2D eigenvalue weighted by molar-refractivity contribution is -0.124. The van der Waals surface area contributed by atoms with Gasteiger partial charge in [-0.15, -0.1) is 11.3 Å². The van der Waals surface area contributed by atoms with Crippen molar-refractivity contribution in [2.75, 3.05) is 6.54 Å². The third-order valence-corrected chi connectivity index (χ3v) is 5.83. The molecule has 4 unspecified atom stereocenters. The average molecular weight is 360 g/mol. The molecule has 0 aliphatic carbocycles. The van der Waals surface area contributed by atoms with Crippen LogP contribution < -0.4 is 11.5 Å². The lowest BCUT2D eigenvalue weighted by atomic mass is 9.90. The number of carbonyl (C=O) groups is 1. The molecule has 1 amide bonds. The zero-order valence-electron chi connectivity index (χ0n) is 11.9. The predicted octanol–water partition coefficient (Wildman–Crippen LogP) is 2.48. The van der Waals surface area contributed by atoms with E-state index in [0.717, 1.165) is 17.3 Å². The van der Waals surface area contributed by atoms with Crippen LogP contribution in [0, 0.1) is 5.92 Å². The van der Waals surface area contributed by atoms with Crippen LogP contribution in [0.25, 0.3) is 0 Å². The van der Waals surface area contributed by atoms with Crippen LogP contribution in [0.4, 0.5) is 0 Å². The average Bonchev–Trinajstić information content (AvgIpc) is 2.77. The third kappa shape index (κ3) is 3.42. The summed E-state index contributed by atoms with van der Waals surface area (Å²) in [5.41, 5.74) is 11.7. The SMILES string of the molecule is CC(N)C(c1cc(Br)cs1)N1CC(C(N)=O)CCC1C. The van der Waals surface area contributed by atoms with E-state index in [0.29, 0.717) is 12.6 Å². The fourth-order valence-corrected chi connectivity index (χ4v) is 4.64. The van der Waals surface area contributed by atoms with E-state index in [1.807, 2.05) is 6.92 Å². The maximum atomic E-state index is 11.5. The second-order valence-electron chi connectivity index (χ2n) is 5.69. The van der Waals surface area contributed by atoms with E-state index in [9.17, 15) is 4.79 Å². The number of amides is 1. The molecule has 1 saturated heterocycles. The number of primary amides is 1. The summed E-state index contributed by atoms with van der Waals surface area (Å²) in [6, 6.07) is 2.69. The van der Waals surface area contributed by atoms with Gasteiger partial charge in [-0.2, -0.15) is 0 Å². The fraction of sp³-hybridized carbons (Fsp3) is 0.643. The van der Waals surface area contributed by atoms with Crippen LogP contribution in [0.15, 0.2) is 15.9 Å². The molecule has 2 heterocycles. The van der Waals surface area contributed by atoms with Crippen LogP contribution >= 0.6 is 27.3 Å². The number of thiophene rings is 1. The lowest BCUT2D eigenvalue weighted by Gasteiger charge is -2.43. The van der Waals surface area contributed by atoms with Crippen molar-refractivity contribution < 1.29 is 4.79 Å². The molecule has 0 bridgehead atoms. The van der Waals surface area contributed by atoms with Crippen molar-refractivity contribution >= 4 is 33.2 Å². The van der Waals surface area contributed by atoms with Crippen molar-refractivity contribution in [3.63, 3.8) is 0 Å². The van der Waals surface area contributed by atoms with Crippen molar-refractivity contribution in [2.24, 2.45) is 17.4 Å². The van der Waals surface area contributed by atoms with Gasteiger partial charge in [-0.3, -0.25) is 9.69 Å². The first-order chi connectivity index (χ1) is 9.40. The molecule has 1 aliphatic rings. The summed E-state index contributed by atoms with van der Waals surface area (Å²) in [7, 11) is 0. The summed E-state index contributed by atoms with van der Waals surface area (Å²) in [4.78, 5) is 15.1. The Hall–Kier alpha value is -0.430. The number of likely N-dealkylation sites (tertiary alicyclic amines) is 1. The maximum absolute atomic E-state index is 11.5. The topological polar surface area (TPSA) is 72.3 Å². The molecule has 6 heteroatoms. The van der Waals surface area contributed by atoms with Gasteiger partial charge in [0, 0.05) is 33.4 Å². The highest BCUT2D eigenvalue weighted by Crippen LogP contribution is 2.36. The highest BCUT2D eigenvalue weighted by atomic mass is 79.9. The zero-order chi connectivity index (χ0) is 14.9. The van der Waals surface area contributed by atoms with Crippen LogP contribution in [-0.2, 0) is 4.79 Å². The molecule has 1 fully saturated rings. The molecule has 2 rings (SSSR count). The molecule has 1 aliphatic heterocycles. The Morgan fingerprint density at radius 3 is 2.75 bits per heavy atom. The third-order valence-electron chi connectivity index (χ3n) is 4.07. The van der Waals surface area contributed by atoms with Gasteiger partial charge in [0.15, 0.2) is 0 Å². The van der Waals surface area contributed by atoms with Crippen LogP contribution in [0.1, 0.15) is 37.6 Å². The molecular formula is C14H22BrN3OS. The summed E-state index contributed by atoms with van der Waals surface area (Å²) in [6.45, 7) is 4.94. The Bertz CT molecular complexity index is 477. The number of nitrogens with two attached hydrogens (primary N) is 2. The lowest BCUT2D eigenvalue weighted by Crippen LogP contribution is -2.50. The minimum Gasteiger partial charge on any atom is -0.369 e. The van der Waals surface area contributed by atoms with E-state index in [4.69, 9.17) is 11.5 Å². The highest BCUT2D eigenvalue weighted by molar-refractivity contribution is 9.10. The number of hydrogen-bond acceptors (Lipinski definition) is 4. The van der Waals surface area contributed by atoms with Crippen LogP contribution in [0.5, 0.6) is 0 Å². The van der Waals surface area contributed by atoms with Gasteiger partial charge in [0.05, 0.1) is 12.0 Å². The van der Waals surface area contributed by atoms with Crippen molar-refractivity contribution in [1.29, 1.82) is 0 Å². The number of rotatable bonds is 4. The zero-order valence-corrected chi connectivity index (χ0v) is 14.3. The molecule has 0 spiro atoms. The first-order valence-electron chi connectivity index (χ1n) is 6.94. The van der Waals surface area contributed by atoms with Crippen LogP contribution in [0.2, 0.25) is 0 Å². The molecular weight excluding hydrogens is 338 g/mol. The van der Waals surface area contributed by atoms with E-state index in [2.05, 4.69) is 39.2 Å². The van der Waals surface area contributed by atoms with Gasteiger partial charge >= 0.3 is 0 Å². The molecule has 1 aromatic heterocycles. The van der Waals surface area contributed by atoms with E-state index in [1.165, 1.54) is 4.88 Å². The summed E-state index contributed by atoms with van der Waals surface area (Å²) < 4.78 is 1.08. The van der Waals surface area contributed by atoms with Gasteiger partial charge in [0.1, 0.15) is 0 Å². The van der Waals surface area contributed by atoms with E-state index in [1.54, 1.807) is 11.3 Å². The van der Waals surface area contributed by atoms with E-state index < -0.39 is 0 Å². The van der Waals surface area contributed by atoms with Gasteiger partial charge < -0.3 is 11.5 Å². The van der Waals surface area contributed by atoms with E-state index >= 15 is 0 Å². The summed E-state index contributed by atoms with van der Waals surface area (Å²) >= 11 is 5.21. The Kier molecular flexibility index (Phi) is 5.23. The minimum atomic E-state index is -0.197. The Morgan fingerprint density at radius 2 is 2.25 bits per heavy atom. The number of piperidine rings is 1. The second-order valence-corrected chi connectivity index (χ2v) is 7.55. The molecule has 0 aromatic carbocycles. The largest absolute Gasteiger partial charge is 0.369 e. The van der Waals surface area contributed by atoms with Gasteiger partial charge in [-0.25, -0.2) is 0 Å². The fourth-order valence-electron chi connectivity index (χ4n) is 2.96. The van der Waals surface area contributed by atoms with Crippen LogP contribution in [0.3, 0.4) is 0 Å². The molecule has 112 valence electrons. The number of hydrogen-bond donors (Lipinski definition) is 2. The molecule has 1 aromatic rings. The quantitative estimate of drug-likeness (QED) is 0.867. The van der Waals surface area contributed by atoms with Crippen molar-refractivity contribution in [3.8, 4) is 0 Å². The van der Waals surface area contributed by atoms with Crippen molar-refractivity contribution in [2.45, 2.75) is 44.8 Å².